The van der Waals surface area contributed by atoms with Crippen LogP contribution in [-0.2, 0) is 14.3 Å². The van der Waals surface area contributed by atoms with Crippen molar-refractivity contribution in [2.24, 2.45) is 0 Å². The van der Waals surface area contributed by atoms with Gasteiger partial charge in [-0.2, -0.15) is 0 Å². The molecule has 1 aromatic carbocycles. The SMILES string of the molecule is CN(CC(=O)NC1CC1)C(=O)C1=C(c2ccccc2)SCCO1. The third-order valence-electron chi connectivity index (χ3n) is 3.68. The standard InChI is InChI=1S/C17H20N2O3S/c1-19(11-14(20)18-13-7-8-13)17(21)15-16(23-10-9-22-15)12-5-3-2-4-6-12/h2-6,13H,7-11H2,1H3,(H,18,20). The van der Waals surface area contributed by atoms with E-state index in [9.17, 15) is 9.59 Å². The zero-order valence-corrected chi connectivity index (χ0v) is 13.9. The third-order valence-corrected chi connectivity index (χ3v) is 4.76. The van der Waals surface area contributed by atoms with Gasteiger partial charge in [-0.1, -0.05) is 30.3 Å². The summed E-state index contributed by atoms with van der Waals surface area (Å²) in [4.78, 5) is 26.8. The third kappa shape index (κ3) is 4.07. The van der Waals surface area contributed by atoms with Crippen LogP contribution in [0.2, 0.25) is 0 Å². The fourth-order valence-corrected chi connectivity index (χ4v) is 3.29. The zero-order valence-electron chi connectivity index (χ0n) is 13.1. The molecule has 2 amide bonds. The summed E-state index contributed by atoms with van der Waals surface area (Å²) in [5, 5.41) is 2.89. The predicted molar refractivity (Wildman–Crippen MR) is 90.6 cm³/mol. The molecule has 1 heterocycles. The fraction of sp³-hybridized carbons (Fsp3) is 0.412. The van der Waals surface area contributed by atoms with Gasteiger partial charge in [0, 0.05) is 18.8 Å². The van der Waals surface area contributed by atoms with E-state index in [2.05, 4.69) is 5.32 Å². The molecule has 1 aromatic rings. The minimum atomic E-state index is -0.248. The highest BCUT2D eigenvalue weighted by atomic mass is 32.2. The van der Waals surface area contributed by atoms with Crippen molar-refractivity contribution in [2.75, 3.05) is 26.0 Å². The average molecular weight is 332 g/mol. The molecule has 122 valence electrons. The Kier molecular flexibility index (Phi) is 4.91. The van der Waals surface area contributed by atoms with E-state index >= 15 is 0 Å². The summed E-state index contributed by atoms with van der Waals surface area (Å²) in [5.74, 6) is 0.789. The molecule has 5 nitrogen and oxygen atoms in total. The van der Waals surface area contributed by atoms with Crippen molar-refractivity contribution >= 4 is 28.5 Å². The van der Waals surface area contributed by atoms with Gasteiger partial charge in [-0.05, 0) is 18.4 Å². The van der Waals surface area contributed by atoms with Gasteiger partial charge in [-0.25, -0.2) is 0 Å². The Bertz CT molecular complexity index is 626. The van der Waals surface area contributed by atoms with E-state index in [-0.39, 0.29) is 18.4 Å². The second-order valence-corrected chi connectivity index (χ2v) is 6.83. The molecular formula is C17H20N2O3S. The molecule has 1 fully saturated rings. The van der Waals surface area contributed by atoms with Crippen LogP contribution in [0.15, 0.2) is 36.1 Å². The van der Waals surface area contributed by atoms with Gasteiger partial charge in [-0.3, -0.25) is 9.59 Å². The Morgan fingerprint density at radius 3 is 2.74 bits per heavy atom. The van der Waals surface area contributed by atoms with Crippen molar-refractivity contribution in [3.8, 4) is 0 Å². The summed E-state index contributed by atoms with van der Waals surface area (Å²) in [7, 11) is 1.63. The van der Waals surface area contributed by atoms with Crippen LogP contribution in [0.4, 0.5) is 0 Å². The molecule has 0 atom stereocenters. The lowest BCUT2D eigenvalue weighted by atomic mass is 10.2. The molecule has 1 aliphatic carbocycles. The summed E-state index contributed by atoms with van der Waals surface area (Å²) in [6.07, 6.45) is 2.07. The topological polar surface area (TPSA) is 58.6 Å². The molecule has 0 saturated heterocycles. The summed E-state index contributed by atoms with van der Waals surface area (Å²) in [6.45, 7) is 0.555. The number of hydrogen-bond donors (Lipinski definition) is 1. The van der Waals surface area contributed by atoms with Crippen LogP contribution in [0.3, 0.4) is 0 Å². The van der Waals surface area contributed by atoms with Gasteiger partial charge in [0.05, 0.1) is 18.1 Å². The number of carbonyl (C=O) groups is 2. The number of thioether (sulfide) groups is 1. The molecule has 0 radical (unpaired) electrons. The Morgan fingerprint density at radius 2 is 2.04 bits per heavy atom. The maximum absolute atomic E-state index is 12.7. The van der Waals surface area contributed by atoms with E-state index in [1.807, 2.05) is 30.3 Å². The van der Waals surface area contributed by atoms with Crippen LogP contribution < -0.4 is 5.32 Å². The van der Waals surface area contributed by atoms with Crippen LogP contribution in [0.25, 0.3) is 4.91 Å². The Hall–Kier alpha value is -1.95. The lowest BCUT2D eigenvalue weighted by Crippen LogP contribution is -2.40. The first-order valence-corrected chi connectivity index (χ1v) is 8.74. The van der Waals surface area contributed by atoms with Gasteiger partial charge >= 0.3 is 0 Å². The molecule has 0 aromatic heterocycles. The van der Waals surface area contributed by atoms with Crippen molar-refractivity contribution in [1.29, 1.82) is 0 Å². The van der Waals surface area contributed by atoms with Gasteiger partial charge in [0.25, 0.3) is 5.91 Å². The molecule has 6 heteroatoms. The van der Waals surface area contributed by atoms with Crippen LogP contribution in [0.1, 0.15) is 18.4 Å². The number of nitrogens with one attached hydrogen (secondary N) is 1. The minimum absolute atomic E-state index is 0.0505. The molecule has 0 spiro atoms. The van der Waals surface area contributed by atoms with E-state index in [0.717, 1.165) is 29.1 Å². The number of benzene rings is 1. The number of nitrogens with zero attached hydrogens (tertiary/aromatic N) is 1. The van der Waals surface area contributed by atoms with Gasteiger partial charge < -0.3 is 15.0 Å². The highest BCUT2D eigenvalue weighted by Gasteiger charge is 2.28. The summed E-state index contributed by atoms with van der Waals surface area (Å²) < 4.78 is 5.64. The Balaban J connectivity index is 1.74. The lowest BCUT2D eigenvalue weighted by molar-refractivity contribution is -0.134. The van der Waals surface area contributed by atoms with Crippen LogP contribution in [0, 0.1) is 0 Å². The number of hydrogen-bond acceptors (Lipinski definition) is 4. The van der Waals surface area contributed by atoms with E-state index in [0.29, 0.717) is 18.4 Å². The first-order chi connectivity index (χ1) is 11.1. The first-order valence-electron chi connectivity index (χ1n) is 7.75. The number of likely N-dealkylation sites (N-methyl/N-ethyl adjacent to an activating group) is 1. The maximum atomic E-state index is 12.7. The largest absolute Gasteiger partial charge is 0.486 e. The number of ether oxygens (including phenoxy) is 1. The second kappa shape index (κ2) is 7.08. The monoisotopic (exact) mass is 332 g/mol. The van der Waals surface area contributed by atoms with Crippen molar-refractivity contribution in [3.63, 3.8) is 0 Å². The quantitative estimate of drug-likeness (QED) is 0.894. The summed E-state index contributed by atoms with van der Waals surface area (Å²) in [5.41, 5.74) is 0.969. The van der Waals surface area contributed by atoms with Gasteiger partial charge in [0.1, 0.15) is 0 Å². The Labute approximate surface area is 140 Å². The molecule has 1 N–H and O–H groups in total. The fourth-order valence-electron chi connectivity index (χ4n) is 2.34. The van der Waals surface area contributed by atoms with Crippen molar-refractivity contribution in [1.82, 2.24) is 10.2 Å². The van der Waals surface area contributed by atoms with Gasteiger partial charge in [-0.15, -0.1) is 11.8 Å². The van der Waals surface area contributed by atoms with Crippen LogP contribution in [0.5, 0.6) is 0 Å². The number of amides is 2. The highest BCUT2D eigenvalue weighted by Crippen LogP contribution is 2.35. The normalized spacial score (nSPS) is 17.4. The molecule has 1 saturated carbocycles. The highest BCUT2D eigenvalue weighted by molar-refractivity contribution is 8.08. The van der Waals surface area contributed by atoms with E-state index in [1.165, 1.54) is 4.90 Å². The zero-order chi connectivity index (χ0) is 16.2. The van der Waals surface area contributed by atoms with Crippen molar-refractivity contribution < 1.29 is 14.3 Å². The minimum Gasteiger partial charge on any atom is -0.486 e. The van der Waals surface area contributed by atoms with E-state index in [4.69, 9.17) is 4.74 Å². The van der Waals surface area contributed by atoms with E-state index < -0.39 is 0 Å². The summed E-state index contributed by atoms with van der Waals surface area (Å²) in [6, 6.07) is 10.0. The second-order valence-electron chi connectivity index (χ2n) is 5.72. The molecule has 3 rings (SSSR count). The van der Waals surface area contributed by atoms with Gasteiger partial charge in [0.2, 0.25) is 5.91 Å². The molecule has 0 bridgehead atoms. The average Bonchev–Trinajstić information content (AvgIpc) is 3.38. The molecule has 2 aliphatic rings. The van der Waals surface area contributed by atoms with Crippen LogP contribution >= 0.6 is 11.8 Å². The predicted octanol–water partition coefficient (Wildman–Crippen LogP) is 1.86. The number of rotatable bonds is 5. The van der Waals surface area contributed by atoms with Crippen molar-refractivity contribution in [2.45, 2.75) is 18.9 Å². The van der Waals surface area contributed by atoms with Gasteiger partial charge in [0.15, 0.2) is 5.76 Å². The molecule has 1 aliphatic heterocycles. The number of carbonyl (C=O) groups excluding carboxylic acids is 2. The lowest BCUT2D eigenvalue weighted by Gasteiger charge is -2.24. The smallest absolute Gasteiger partial charge is 0.290 e. The summed E-state index contributed by atoms with van der Waals surface area (Å²) >= 11 is 1.62. The maximum Gasteiger partial charge on any atom is 0.290 e. The molecule has 23 heavy (non-hydrogen) atoms. The molecule has 0 unspecified atom stereocenters. The van der Waals surface area contributed by atoms with Crippen LogP contribution in [-0.4, -0.2) is 48.7 Å². The van der Waals surface area contributed by atoms with E-state index in [1.54, 1.807) is 18.8 Å². The molecular weight excluding hydrogens is 312 g/mol. The Morgan fingerprint density at radius 1 is 1.30 bits per heavy atom. The van der Waals surface area contributed by atoms with Crippen molar-refractivity contribution in [3.05, 3.63) is 41.7 Å². The first kappa shape index (κ1) is 15.9.